The predicted octanol–water partition coefficient (Wildman–Crippen LogP) is 8.81. The molecule has 0 aliphatic rings. The van der Waals surface area contributed by atoms with Crippen molar-refractivity contribution in [3.8, 4) is 28.6 Å². The highest BCUT2D eigenvalue weighted by atomic mass is 16.5. The number of carbonyl (C=O) groups is 1. The number of phenolic OH excluding ortho intramolecular Hbond substituents is 2. The Labute approximate surface area is 231 Å². The van der Waals surface area contributed by atoms with Gasteiger partial charge in [0.1, 0.15) is 22.5 Å². The fourth-order valence-electron chi connectivity index (χ4n) is 4.65. The summed E-state index contributed by atoms with van der Waals surface area (Å²) in [6.07, 6.45) is 20.0. The van der Waals surface area contributed by atoms with Crippen LogP contribution in [0.5, 0.6) is 17.2 Å². The van der Waals surface area contributed by atoms with E-state index in [0.717, 1.165) is 38.2 Å². The molecule has 1 aromatic heterocycles. The van der Waals surface area contributed by atoms with Gasteiger partial charge in [0.25, 0.3) is 0 Å². The Kier molecular flexibility index (Phi) is 12.6. The van der Waals surface area contributed by atoms with Crippen molar-refractivity contribution in [3.05, 3.63) is 64.8 Å². The van der Waals surface area contributed by atoms with Gasteiger partial charge >= 0.3 is 5.97 Å². The Morgan fingerprint density at radius 3 is 2.13 bits per heavy atom. The summed E-state index contributed by atoms with van der Waals surface area (Å²) in [4.78, 5) is 25.9. The van der Waals surface area contributed by atoms with E-state index in [4.69, 9.17) is 9.15 Å². The molecule has 0 spiro atoms. The summed E-state index contributed by atoms with van der Waals surface area (Å²) in [6.45, 7) is 2.24. The van der Waals surface area contributed by atoms with Crippen LogP contribution >= 0.6 is 0 Å². The zero-order valence-corrected chi connectivity index (χ0v) is 23.1. The molecule has 3 aromatic rings. The molecule has 0 saturated carbocycles. The molecule has 6 heteroatoms. The summed E-state index contributed by atoms with van der Waals surface area (Å²) < 4.78 is 11.4. The maximum Gasteiger partial charge on any atom is 0.311 e. The van der Waals surface area contributed by atoms with Crippen LogP contribution in [-0.2, 0) is 4.79 Å². The number of ether oxygens (including phenoxy) is 1. The average Bonchev–Trinajstić information content (AvgIpc) is 2.92. The number of aromatic hydroxyl groups is 2. The Hall–Kier alpha value is -3.54. The Morgan fingerprint density at radius 2 is 1.46 bits per heavy atom. The molecule has 0 amide bonds. The number of rotatable bonds is 17. The maximum absolute atomic E-state index is 13.2. The highest BCUT2D eigenvalue weighted by Gasteiger charge is 2.22. The summed E-state index contributed by atoms with van der Waals surface area (Å²) in [6, 6.07) is 11.1. The molecular formula is C33H42O6. The largest absolute Gasteiger partial charge is 0.508 e. The molecule has 0 atom stereocenters. The first-order chi connectivity index (χ1) is 19.0. The molecule has 0 unspecified atom stereocenters. The summed E-state index contributed by atoms with van der Waals surface area (Å²) in [5.41, 5.74) is -0.109. The molecule has 0 aliphatic carbocycles. The molecule has 2 aromatic carbocycles. The van der Waals surface area contributed by atoms with Gasteiger partial charge in [0.05, 0.1) is 0 Å². The van der Waals surface area contributed by atoms with Crippen LogP contribution in [-0.4, -0.2) is 16.2 Å². The third-order valence-electron chi connectivity index (χ3n) is 6.81. The zero-order chi connectivity index (χ0) is 27.9. The van der Waals surface area contributed by atoms with Gasteiger partial charge in [-0.05, 0) is 32.1 Å². The third-order valence-corrected chi connectivity index (χ3v) is 6.81. The van der Waals surface area contributed by atoms with Crippen LogP contribution in [0.15, 0.2) is 63.8 Å². The number of phenols is 2. The van der Waals surface area contributed by atoms with Crippen molar-refractivity contribution < 1.29 is 24.2 Å². The Morgan fingerprint density at radius 1 is 0.846 bits per heavy atom. The third kappa shape index (κ3) is 9.61. The first-order valence-electron chi connectivity index (χ1n) is 14.4. The maximum atomic E-state index is 13.2. The minimum atomic E-state index is -0.662. The van der Waals surface area contributed by atoms with Crippen molar-refractivity contribution in [2.24, 2.45) is 0 Å². The van der Waals surface area contributed by atoms with Crippen molar-refractivity contribution in [3.63, 3.8) is 0 Å². The number of esters is 1. The van der Waals surface area contributed by atoms with Crippen LogP contribution in [0.2, 0.25) is 0 Å². The van der Waals surface area contributed by atoms with E-state index < -0.39 is 17.1 Å². The Bertz CT molecular complexity index is 1260. The molecule has 0 radical (unpaired) electrons. The highest BCUT2D eigenvalue weighted by Crippen LogP contribution is 2.35. The molecule has 0 bridgehead atoms. The molecule has 3 rings (SSSR count). The van der Waals surface area contributed by atoms with Gasteiger partial charge < -0.3 is 19.4 Å². The van der Waals surface area contributed by atoms with Gasteiger partial charge in [-0.15, -0.1) is 0 Å². The second kappa shape index (κ2) is 16.4. The molecule has 0 saturated heterocycles. The van der Waals surface area contributed by atoms with E-state index >= 15 is 0 Å². The number of carbonyl (C=O) groups excluding carboxylic acids is 1. The van der Waals surface area contributed by atoms with E-state index in [2.05, 4.69) is 19.1 Å². The molecule has 39 heavy (non-hydrogen) atoms. The lowest BCUT2D eigenvalue weighted by atomic mass is 10.1. The van der Waals surface area contributed by atoms with E-state index in [1.807, 2.05) is 6.07 Å². The van der Waals surface area contributed by atoms with Crippen LogP contribution in [0.3, 0.4) is 0 Å². The van der Waals surface area contributed by atoms with E-state index in [1.54, 1.807) is 24.3 Å². The fourth-order valence-corrected chi connectivity index (χ4v) is 4.65. The van der Waals surface area contributed by atoms with Gasteiger partial charge in [-0.3, -0.25) is 9.59 Å². The van der Waals surface area contributed by atoms with Gasteiger partial charge in [-0.1, -0.05) is 101 Å². The van der Waals surface area contributed by atoms with Crippen molar-refractivity contribution >= 4 is 16.9 Å². The number of hydrogen-bond donors (Lipinski definition) is 2. The molecule has 1 heterocycles. The van der Waals surface area contributed by atoms with Gasteiger partial charge in [0, 0.05) is 24.1 Å². The lowest BCUT2D eigenvalue weighted by Gasteiger charge is -2.11. The van der Waals surface area contributed by atoms with E-state index in [-0.39, 0.29) is 34.6 Å². The van der Waals surface area contributed by atoms with Crippen LogP contribution in [0.1, 0.15) is 96.8 Å². The lowest BCUT2D eigenvalue weighted by molar-refractivity contribution is -0.134. The normalized spacial score (nSPS) is 11.4. The topological polar surface area (TPSA) is 97.0 Å². The molecule has 210 valence electrons. The van der Waals surface area contributed by atoms with E-state index in [1.165, 1.54) is 51.0 Å². The van der Waals surface area contributed by atoms with Gasteiger partial charge in [0.2, 0.25) is 11.2 Å². The lowest BCUT2D eigenvalue weighted by Crippen LogP contribution is -2.16. The number of fused-ring (bicyclic) bond motifs is 1. The zero-order valence-electron chi connectivity index (χ0n) is 23.1. The first-order valence-corrected chi connectivity index (χ1v) is 14.4. The second-order valence-electron chi connectivity index (χ2n) is 10.1. The molecular weight excluding hydrogens is 492 g/mol. The smallest absolute Gasteiger partial charge is 0.311 e. The van der Waals surface area contributed by atoms with Crippen molar-refractivity contribution in [2.45, 2.75) is 96.8 Å². The van der Waals surface area contributed by atoms with E-state index in [9.17, 15) is 19.8 Å². The van der Waals surface area contributed by atoms with Gasteiger partial charge in [-0.2, -0.15) is 0 Å². The van der Waals surface area contributed by atoms with Crippen LogP contribution in [0.4, 0.5) is 0 Å². The first kappa shape index (κ1) is 30.0. The monoisotopic (exact) mass is 534 g/mol. The van der Waals surface area contributed by atoms with Crippen molar-refractivity contribution in [1.82, 2.24) is 0 Å². The summed E-state index contributed by atoms with van der Waals surface area (Å²) in [5, 5.41) is 19.9. The number of allylic oxidation sites excluding steroid dienone is 2. The number of hydrogen-bond acceptors (Lipinski definition) is 6. The van der Waals surface area contributed by atoms with Gasteiger partial charge in [-0.25, -0.2) is 0 Å². The number of unbranched alkanes of at least 4 members (excludes halogenated alkanes) is 11. The van der Waals surface area contributed by atoms with Crippen molar-refractivity contribution in [1.29, 1.82) is 0 Å². The summed E-state index contributed by atoms with van der Waals surface area (Å²) in [5.74, 6) is -1.37. The fraction of sp³-hybridized carbons (Fsp3) is 0.455. The molecule has 0 fully saturated rings. The predicted molar refractivity (Wildman–Crippen MR) is 156 cm³/mol. The molecule has 2 N–H and O–H groups in total. The van der Waals surface area contributed by atoms with Crippen LogP contribution < -0.4 is 10.2 Å². The minimum absolute atomic E-state index is 0.00778. The highest BCUT2D eigenvalue weighted by molar-refractivity contribution is 5.89. The summed E-state index contributed by atoms with van der Waals surface area (Å²) >= 11 is 0. The SMILES string of the molecule is CCCCCCCC/C=C\CCCCCCCC(=O)Oc1c(-c2ccccc2)oc2cc(O)cc(O)c2c1=O. The van der Waals surface area contributed by atoms with E-state index in [0.29, 0.717) is 12.0 Å². The average molecular weight is 535 g/mol. The minimum Gasteiger partial charge on any atom is -0.508 e. The van der Waals surface area contributed by atoms with Crippen molar-refractivity contribution in [2.75, 3.05) is 0 Å². The standard InChI is InChI=1S/C33H42O6/c1-2-3-4-5-6-7-8-9-10-11-12-13-14-15-19-22-29(36)39-33-31(37)30-27(35)23-26(34)24-28(30)38-32(33)25-20-17-16-18-21-25/h9-10,16-18,20-21,23-24,34-35H,2-8,11-15,19,22H2,1H3/b10-9-. The second-order valence-corrected chi connectivity index (χ2v) is 10.1. The van der Waals surface area contributed by atoms with Crippen LogP contribution in [0, 0.1) is 0 Å². The number of benzene rings is 2. The molecule has 0 aliphatic heterocycles. The van der Waals surface area contributed by atoms with Gasteiger partial charge in [0.15, 0.2) is 5.76 Å². The Balaban J connectivity index is 1.45. The van der Waals surface area contributed by atoms with Crippen LogP contribution in [0.25, 0.3) is 22.3 Å². The summed E-state index contributed by atoms with van der Waals surface area (Å²) in [7, 11) is 0. The quantitative estimate of drug-likeness (QED) is 0.102. The molecule has 6 nitrogen and oxygen atoms in total.